The fourth-order valence-electron chi connectivity index (χ4n) is 5.47. The van der Waals surface area contributed by atoms with Crippen molar-refractivity contribution in [3.63, 3.8) is 0 Å². The smallest absolute Gasteiger partial charge is 0.384 e. The number of methoxy groups -OCH3 is 2. The molecule has 9 nitrogen and oxygen atoms in total. The van der Waals surface area contributed by atoms with Crippen LogP contribution in [-0.2, 0) is 25.2 Å². The lowest BCUT2D eigenvalue weighted by Gasteiger charge is -2.40. The molecule has 4 rings (SSSR count). The van der Waals surface area contributed by atoms with Crippen LogP contribution >= 0.6 is 0 Å². The summed E-state index contributed by atoms with van der Waals surface area (Å²) in [5.74, 6) is 0.0800. The second-order valence-corrected chi connectivity index (χ2v) is 9.58. The maximum absolute atomic E-state index is 13.7. The van der Waals surface area contributed by atoms with Crippen LogP contribution in [0.5, 0.6) is 0 Å². The molecule has 3 fully saturated rings. The number of aromatic nitrogens is 2. The Morgan fingerprint density at radius 2 is 2.03 bits per heavy atom. The lowest BCUT2D eigenvalue weighted by atomic mass is 9.84. The molecule has 196 valence electrons. The summed E-state index contributed by atoms with van der Waals surface area (Å²) >= 11 is 0. The summed E-state index contributed by atoms with van der Waals surface area (Å²) in [6.07, 6.45) is -0.305. The second kappa shape index (κ2) is 10.9. The Balaban J connectivity index is 1.37. The average molecular weight is 502 g/mol. The van der Waals surface area contributed by atoms with E-state index in [0.717, 1.165) is 31.5 Å². The van der Waals surface area contributed by atoms with Gasteiger partial charge in [-0.05, 0) is 31.7 Å². The zero-order valence-corrected chi connectivity index (χ0v) is 20.2. The van der Waals surface area contributed by atoms with E-state index in [2.05, 4.69) is 15.3 Å². The van der Waals surface area contributed by atoms with Crippen molar-refractivity contribution in [2.24, 2.45) is 5.41 Å². The number of nitrogens with zero attached hydrogens (tertiary/aromatic N) is 4. The quantitative estimate of drug-likeness (QED) is 0.605. The van der Waals surface area contributed by atoms with E-state index < -0.39 is 17.3 Å². The first-order valence-corrected chi connectivity index (χ1v) is 12.1. The van der Waals surface area contributed by atoms with E-state index in [1.165, 1.54) is 0 Å². The van der Waals surface area contributed by atoms with Gasteiger partial charge in [0.15, 0.2) is 0 Å². The van der Waals surface area contributed by atoms with Crippen LogP contribution in [0.3, 0.4) is 0 Å². The summed E-state index contributed by atoms with van der Waals surface area (Å²) in [5.41, 5.74) is -1.58. The standard InChI is InChI=1S/C23H34F3N5O4/c1-33-15-22(6-3-16(13-22)28-17-5-12-35-14-18(17)34-2)20(32)30-8-10-31(11-9-30)21-27-7-4-19(29-21)23(24,25)26/h4,7,16-18,28H,3,5-6,8-15H2,1-2H3/t16-,17?,18-,22?/m1/s1. The van der Waals surface area contributed by atoms with Gasteiger partial charge in [0.1, 0.15) is 5.69 Å². The molecule has 35 heavy (non-hydrogen) atoms. The second-order valence-electron chi connectivity index (χ2n) is 9.58. The molecule has 2 unspecified atom stereocenters. The third-order valence-electron chi connectivity index (χ3n) is 7.32. The summed E-state index contributed by atoms with van der Waals surface area (Å²) in [6, 6.07) is 1.22. The Labute approximate surface area is 203 Å². The van der Waals surface area contributed by atoms with E-state index in [-0.39, 0.29) is 30.0 Å². The molecule has 0 aromatic carbocycles. The zero-order valence-electron chi connectivity index (χ0n) is 20.2. The molecule has 1 aliphatic carbocycles. The monoisotopic (exact) mass is 501 g/mol. The van der Waals surface area contributed by atoms with Crippen LogP contribution in [0.25, 0.3) is 0 Å². The highest BCUT2D eigenvalue weighted by atomic mass is 19.4. The minimum absolute atomic E-state index is 0.0111. The number of carbonyl (C=O) groups is 1. The van der Waals surface area contributed by atoms with Crippen LogP contribution < -0.4 is 10.2 Å². The van der Waals surface area contributed by atoms with E-state index in [4.69, 9.17) is 14.2 Å². The van der Waals surface area contributed by atoms with Crippen molar-refractivity contribution in [2.45, 2.75) is 50.0 Å². The van der Waals surface area contributed by atoms with Gasteiger partial charge in [-0.1, -0.05) is 0 Å². The molecular weight excluding hydrogens is 467 g/mol. The SMILES string of the molecule is COCC1(C(=O)N2CCN(c3nccc(C(F)(F)F)n3)CC2)CC[C@@H](NC2CCOC[C@H]2OC)C1. The highest BCUT2D eigenvalue weighted by Gasteiger charge is 2.48. The Hall–Kier alpha value is -2.02. The molecule has 1 amide bonds. The Morgan fingerprint density at radius 1 is 1.26 bits per heavy atom. The van der Waals surface area contributed by atoms with E-state index in [0.29, 0.717) is 52.4 Å². The number of hydrogen-bond acceptors (Lipinski definition) is 8. The number of nitrogens with one attached hydrogen (secondary N) is 1. The van der Waals surface area contributed by atoms with Crippen molar-refractivity contribution in [3.05, 3.63) is 18.0 Å². The topological polar surface area (TPSA) is 89.1 Å². The van der Waals surface area contributed by atoms with E-state index >= 15 is 0 Å². The first kappa shape index (κ1) is 26.1. The molecule has 0 spiro atoms. The van der Waals surface area contributed by atoms with Gasteiger partial charge in [0, 0.05) is 65.3 Å². The summed E-state index contributed by atoms with van der Waals surface area (Å²) in [7, 11) is 3.30. The first-order valence-electron chi connectivity index (χ1n) is 12.1. The molecule has 1 aromatic rings. The fraction of sp³-hybridized carbons (Fsp3) is 0.783. The number of alkyl halides is 3. The maximum Gasteiger partial charge on any atom is 0.433 e. The highest BCUT2D eigenvalue weighted by Crippen LogP contribution is 2.41. The zero-order chi connectivity index (χ0) is 25.1. The summed E-state index contributed by atoms with van der Waals surface area (Å²) in [5, 5.41) is 3.69. The van der Waals surface area contributed by atoms with Crippen molar-refractivity contribution >= 4 is 11.9 Å². The number of amides is 1. The van der Waals surface area contributed by atoms with Gasteiger partial charge < -0.3 is 29.3 Å². The average Bonchev–Trinajstić information content (AvgIpc) is 3.27. The van der Waals surface area contributed by atoms with Crippen LogP contribution in [-0.4, -0.2) is 99.2 Å². The summed E-state index contributed by atoms with van der Waals surface area (Å²) in [4.78, 5) is 24.9. The van der Waals surface area contributed by atoms with Crippen molar-refractivity contribution in [1.29, 1.82) is 0 Å². The van der Waals surface area contributed by atoms with Crippen LogP contribution in [0, 0.1) is 5.41 Å². The van der Waals surface area contributed by atoms with Gasteiger partial charge in [-0.15, -0.1) is 0 Å². The Morgan fingerprint density at radius 3 is 2.71 bits per heavy atom. The lowest BCUT2D eigenvalue weighted by molar-refractivity contribution is -0.145. The van der Waals surface area contributed by atoms with E-state index in [1.54, 1.807) is 24.0 Å². The number of ether oxygens (including phenoxy) is 3. The highest BCUT2D eigenvalue weighted by molar-refractivity contribution is 5.83. The van der Waals surface area contributed by atoms with Crippen LogP contribution in [0.2, 0.25) is 0 Å². The summed E-state index contributed by atoms with van der Waals surface area (Å²) < 4.78 is 55.6. The number of hydrogen-bond donors (Lipinski definition) is 1. The van der Waals surface area contributed by atoms with Crippen molar-refractivity contribution in [2.75, 3.05) is 65.1 Å². The minimum Gasteiger partial charge on any atom is -0.384 e. The molecule has 1 aromatic heterocycles. The largest absolute Gasteiger partial charge is 0.433 e. The molecule has 12 heteroatoms. The fourth-order valence-corrected chi connectivity index (χ4v) is 5.47. The molecule has 0 radical (unpaired) electrons. The van der Waals surface area contributed by atoms with Crippen LogP contribution in [0.1, 0.15) is 31.4 Å². The maximum atomic E-state index is 13.7. The van der Waals surface area contributed by atoms with Crippen molar-refractivity contribution in [1.82, 2.24) is 20.2 Å². The van der Waals surface area contributed by atoms with Gasteiger partial charge in [-0.3, -0.25) is 4.79 Å². The van der Waals surface area contributed by atoms with E-state index in [1.807, 2.05) is 0 Å². The Kier molecular flexibility index (Phi) is 8.14. The number of piperazine rings is 1. The number of anilines is 1. The van der Waals surface area contributed by atoms with Gasteiger partial charge in [-0.2, -0.15) is 13.2 Å². The molecule has 2 aliphatic heterocycles. The first-order chi connectivity index (χ1) is 16.8. The number of carbonyl (C=O) groups excluding carboxylic acids is 1. The third-order valence-corrected chi connectivity index (χ3v) is 7.32. The normalized spacial score (nSPS) is 30.0. The number of halogens is 3. The molecule has 4 atom stereocenters. The molecule has 3 heterocycles. The molecule has 3 aliphatic rings. The predicted octanol–water partition coefficient (Wildman–Crippen LogP) is 1.72. The van der Waals surface area contributed by atoms with Crippen molar-refractivity contribution < 1.29 is 32.2 Å². The molecule has 2 saturated heterocycles. The van der Waals surface area contributed by atoms with Crippen LogP contribution in [0.15, 0.2) is 12.3 Å². The van der Waals surface area contributed by atoms with Gasteiger partial charge >= 0.3 is 6.18 Å². The molecular formula is C23H34F3N5O4. The Bertz CT molecular complexity index is 868. The predicted molar refractivity (Wildman–Crippen MR) is 121 cm³/mol. The summed E-state index contributed by atoms with van der Waals surface area (Å²) in [6.45, 7) is 3.11. The van der Waals surface area contributed by atoms with E-state index in [9.17, 15) is 18.0 Å². The van der Waals surface area contributed by atoms with Crippen LogP contribution in [0.4, 0.5) is 19.1 Å². The molecule has 0 bridgehead atoms. The number of rotatable bonds is 7. The lowest BCUT2D eigenvalue weighted by Crippen LogP contribution is -2.55. The van der Waals surface area contributed by atoms with Gasteiger partial charge in [0.25, 0.3) is 0 Å². The van der Waals surface area contributed by atoms with Crippen molar-refractivity contribution in [3.8, 4) is 0 Å². The molecule has 1 saturated carbocycles. The van der Waals surface area contributed by atoms with Gasteiger partial charge in [0.2, 0.25) is 11.9 Å². The third kappa shape index (κ3) is 5.87. The minimum atomic E-state index is -4.52. The van der Waals surface area contributed by atoms with Gasteiger partial charge in [0.05, 0.1) is 24.7 Å². The van der Waals surface area contributed by atoms with Gasteiger partial charge in [-0.25, -0.2) is 9.97 Å². The molecule has 1 N–H and O–H groups in total.